The summed E-state index contributed by atoms with van der Waals surface area (Å²) < 4.78 is 37.1. The van der Waals surface area contributed by atoms with E-state index in [4.69, 9.17) is 18.8 Å². The van der Waals surface area contributed by atoms with Crippen LogP contribution in [0, 0.1) is 5.82 Å². The van der Waals surface area contributed by atoms with Gasteiger partial charge < -0.3 is 18.8 Å². The third-order valence-corrected chi connectivity index (χ3v) is 6.19. The minimum Gasteiger partial charge on any atom is -0.497 e. The van der Waals surface area contributed by atoms with Gasteiger partial charge in [0.25, 0.3) is 0 Å². The van der Waals surface area contributed by atoms with Crippen molar-refractivity contribution in [1.82, 2.24) is 0 Å². The van der Waals surface area contributed by atoms with Gasteiger partial charge in [0.05, 0.1) is 31.0 Å². The standard InChI is InChI=1S/C24H30BFO5/c1-23(2)24(3,4)31-25(30-23)20-15-19(22(27)29-6)21(26)14-17(20)11-7-9-16-10-8-12-18(13-16)28-5/h8,10,12-15H,7,9,11H2,1-6H3. The molecule has 0 amide bonds. The van der Waals surface area contributed by atoms with Crippen LogP contribution in [-0.4, -0.2) is 38.5 Å². The lowest BCUT2D eigenvalue weighted by atomic mass is 9.74. The molecule has 31 heavy (non-hydrogen) atoms. The molecule has 7 heteroatoms. The van der Waals surface area contributed by atoms with Crippen molar-refractivity contribution in [3.05, 3.63) is 58.9 Å². The summed E-state index contributed by atoms with van der Waals surface area (Å²) in [5, 5.41) is 0. The van der Waals surface area contributed by atoms with Crippen molar-refractivity contribution in [2.75, 3.05) is 14.2 Å². The van der Waals surface area contributed by atoms with Crippen LogP contribution in [0.5, 0.6) is 5.75 Å². The Hall–Kier alpha value is -2.38. The molecule has 5 nitrogen and oxygen atoms in total. The number of methoxy groups -OCH3 is 2. The molecule has 0 aromatic heterocycles. The average Bonchev–Trinajstić information content (AvgIpc) is 2.94. The average molecular weight is 428 g/mol. The number of hydrogen-bond donors (Lipinski definition) is 0. The second-order valence-corrected chi connectivity index (χ2v) is 8.82. The summed E-state index contributed by atoms with van der Waals surface area (Å²) in [7, 11) is 2.18. The van der Waals surface area contributed by atoms with Gasteiger partial charge in [-0.2, -0.15) is 0 Å². The summed E-state index contributed by atoms with van der Waals surface area (Å²) in [6, 6.07) is 10.8. The molecular formula is C24H30BFO5. The second kappa shape index (κ2) is 9.01. The first-order valence-electron chi connectivity index (χ1n) is 10.5. The molecule has 3 rings (SSSR count). The van der Waals surface area contributed by atoms with Crippen LogP contribution in [0.3, 0.4) is 0 Å². The number of rotatable bonds is 7. The summed E-state index contributed by atoms with van der Waals surface area (Å²) in [6.07, 6.45) is 2.20. The molecule has 1 heterocycles. The molecule has 0 aliphatic carbocycles. The maximum Gasteiger partial charge on any atom is 0.495 e. The van der Waals surface area contributed by atoms with Crippen LogP contribution in [-0.2, 0) is 26.9 Å². The molecular weight excluding hydrogens is 398 g/mol. The van der Waals surface area contributed by atoms with E-state index in [1.807, 2.05) is 52.0 Å². The van der Waals surface area contributed by atoms with Gasteiger partial charge in [-0.1, -0.05) is 12.1 Å². The van der Waals surface area contributed by atoms with Gasteiger partial charge in [0, 0.05) is 0 Å². The van der Waals surface area contributed by atoms with Gasteiger partial charge in [0.15, 0.2) is 0 Å². The minimum absolute atomic E-state index is 0.122. The van der Waals surface area contributed by atoms with E-state index < -0.39 is 30.1 Å². The van der Waals surface area contributed by atoms with E-state index >= 15 is 0 Å². The maximum absolute atomic E-state index is 14.7. The highest BCUT2D eigenvalue weighted by molar-refractivity contribution is 6.62. The molecule has 166 valence electrons. The van der Waals surface area contributed by atoms with Crippen molar-refractivity contribution in [3.63, 3.8) is 0 Å². The summed E-state index contributed by atoms with van der Waals surface area (Å²) in [6.45, 7) is 7.83. The lowest BCUT2D eigenvalue weighted by Crippen LogP contribution is -2.41. The van der Waals surface area contributed by atoms with Gasteiger partial charge in [-0.15, -0.1) is 0 Å². The zero-order valence-electron chi connectivity index (χ0n) is 19.1. The lowest BCUT2D eigenvalue weighted by molar-refractivity contribution is 0.00578. The summed E-state index contributed by atoms with van der Waals surface area (Å²) in [5.41, 5.74) is 1.34. The number of carbonyl (C=O) groups is 1. The molecule has 1 fully saturated rings. The smallest absolute Gasteiger partial charge is 0.495 e. The molecule has 0 radical (unpaired) electrons. The number of carbonyl (C=O) groups excluding carboxylic acids is 1. The fourth-order valence-corrected chi connectivity index (χ4v) is 3.61. The zero-order chi connectivity index (χ0) is 22.8. The van der Waals surface area contributed by atoms with Gasteiger partial charge in [0.2, 0.25) is 0 Å². The molecule has 2 aromatic carbocycles. The molecule has 0 spiro atoms. The molecule has 1 saturated heterocycles. The van der Waals surface area contributed by atoms with Crippen molar-refractivity contribution < 1.29 is 28.0 Å². The van der Waals surface area contributed by atoms with Gasteiger partial charge in [-0.25, -0.2) is 9.18 Å². The Balaban J connectivity index is 1.88. The number of benzene rings is 2. The lowest BCUT2D eigenvalue weighted by Gasteiger charge is -2.32. The van der Waals surface area contributed by atoms with Gasteiger partial charge in [0.1, 0.15) is 11.6 Å². The molecule has 0 unspecified atom stereocenters. The Morgan fingerprint density at radius 1 is 1.03 bits per heavy atom. The Labute approximate surface area is 184 Å². The van der Waals surface area contributed by atoms with Crippen molar-refractivity contribution in [2.24, 2.45) is 0 Å². The van der Waals surface area contributed by atoms with Crippen molar-refractivity contribution in [1.29, 1.82) is 0 Å². The topological polar surface area (TPSA) is 54.0 Å². The van der Waals surface area contributed by atoms with E-state index in [9.17, 15) is 9.18 Å². The summed E-state index contributed by atoms with van der Waals surface area (Å²) in [4.78, 5) is 12.1. The van der Waals surface area contributed by atoms with Gasteiger partial charge >= 0.3 is 13.1 Å². The predicted molar refractivity (Wildman–Crippen MR) is 118 cm³/mol. The molecule has 0 N–H and O–H groups in total. The first-order chi connectivity index (χ1) is 14.6. The minimum atomic E-state index is -0.724. The fraction of sp³-hybridized carbons (Fsp3) is 0.458. The van der Waals surface area contributed by atoms with Crippen molar-refractivity contribution >= 4 is 18.6 Å². The Morgan fingerprint density at radius 3 is 2.32 bits per heavy atom. The third kappa shape index (κ3) is 4.94. The third-order valence-electron chi connectivity index (χ3n) is 6.19. The predicted octanol–water partition coefficient (Wildman–Crippen LogP) is 4.10. The SMILES string of the molecule is COC(=O)c1cc(B2OC(C)(C)C(C)(C)O2)c(CCCc2cccc(OC)c2)cc1F. The van der Waals surface area contributed by atoms with E-state index in [1.165, 1.54) is 19.2 Å². The monoisotopic (exact) mass is 428 g/mol. The van der Waals surface area contributed by atoms with Crippen LogP contribution in [0.15, 0.2) is 36.4 Å². The van der Waals surface area contributed by atoms with Crippen LogP contribution in [0.25, 0.3) is 0 Å². The number of aryl methyl sites for hydroxylation is 2. The highest BCUT2D eigenvalue weighted by atomic mass is 19.1. The van der Waals surface area contributed by atoms with Crippen molar-refractivity contribution in [2.45, 2.75) is 58.2 Å². The molecule has 0 atom stereocenters. The van der Waals surface area contributed by atoms with Crippen molar-refractivity contribution in [3.8, 4) is 5.75 Å². The fourth-order valence-electron chi connectivity index (χ4n) is 3.61. The van der Waals surface area contributed by atoms with Gasteiger partial charge in [-0.3, -0.25) is 0 Å². The maximum atomic E-state index is 14.7. The molecule has 2 aromatic rings. The first-order valence-corrected chi connectivity index (χ1v) is 10.5. The van der Waals surface area contributed by atoms with Crippen LogP contribution in [0.4, 0.5) is 4.39 Å². The van der Waals surface area contributed by atoms with Crippen LogP contribution < -0.4 is 10.2 Å². The second-order valence-electron chi connectivity index (χ2n) is 8.82. The molecule has 0 bridgehead atoms. The normalized spacial score (nSPS) is 16.9. The summed E-state index contributed by atoms with van der Waals surface area (Å²) >= 11 is 0. The number of hydrogen-bond acceptors (Lipinski definition) is 5. The largest absolute Gasteiger partial charge is 0.497 e. The van der Waals surface area contributed by atoms with E-state index in [0.717, 1.165) is 29.7 Å². The Kier molecular flexibility index (Phi) is 6.77. The Morgan fingerprint density at radius 2 is 1.71 bits per heavy atom. The quantitative estimate of drug-likeness (QED) is 0.491. The van der Waals surface area contributed by atoms with Gasteiger partial charge in [-0.05, 0) is 87.8 Å². The van der Waals surface area contributed by atoms with E-state index in [2.05, 4.69) is 0 Å². The van der Waals surface area contributed by atoms with Crippen LogP contribution in [0.1, 0.15) is 55.6 Å². The van der Waals surface area contributed by atoms with Crippen LogP contribution >= 0.6 is 0 Å². The Bertz CT molecular complexity index is 941. The number of esters is 1. The number of ether oxygens (including phenoxy) is 2. The molecule has 0 saturated carbocycles. The van der Waals surface area contributed by atoms with E-state index in [0.29, 0.717) is 11.9 Å². The molecule has 1 aliphatic heterocycles. The van der Waals surface area contributed by atoms with E-state index in [-0.39, 0.29) is 5.56 Å². The zero-order valence-corrected chi connectivity index (χ0v) is 19.1. The number of halogens is 1. The van der Waals surface area contributed by atoms with Crippen LogP contribution in [0.2, 0.25) is 0 Å². The summed E-state index contributed by atoms with van der Waals surface area (Å²) in [5.74, 6) is -0.523. The molecule has 1 aliphatic rings. The highest BCUT2D eigenvalue weighted by Crippen LogP contribution is 2.37. The highest BCUT2D eigenvalue weighted by Gasteiger charge is 2.52. The van der Waals surface area contributed by atoms with E-state index in [1.54, 1.807) is 7.11 Å². The first kappa shape index (κ1) is 23.3.